The quantitative estimate of drug-likeness (QED) is 0.479. The molecule has 0 unspecified atom stereocenters. The van der Waals surface area contributed by atoms with Crippen LogP contribution < -0.4 is 0 Å². The van der Waals surface area contributed by atoms with Gasteiger partial charge >= 0.3 is 0 Å². The van der Waals surface area contributed by atoms with Crippen LogP contribution in [0.2, 0.25) is 0 Å². The molecule has 4 heteroatoms. The number of hydrogen-bond donors (Lipinski definition) is 0. The predicted molar refractivity (Wildman–Crippen MR) is 40.5 cm³/mol. The molecule has 0 spiro atoms. The molecular formula is C5H12ClO2P. The smallest absolute Gasteiger partial charge is 0.217 e. The zero-order chi connectivity index (χ0) is 7.33. The minimum Gasteiger partial charge on any atom is -0.328 e. The van der Waals surface area contributed by atoms with Gasteiger partial charge < -0.3 is 4.52 Å². The minimum atomic E-state index is -2.42. The van der Waals surface area contributed by atoms with Gasteiger partial charge in [0, 0.05) is 6.16 Å². The van der Waals surface area contributed by atoms with E-state index in [0.29, 0.717) is 12.8 Å². The molecule has 1 atom stereocenters. The molecule has 0 N–H and O–H groups in total. The standard InChI is InChI=1S/C5H12ClO2P/c1-3-8-9(7,4-2)5-6/h3-5H2,1-2H3/t9-/m1/s1. The Kier molecular flexibility index (Phi) is 4.55. The summed E-state index contributed by atoms with van der Waals surface area (Å²) in [5, 5.41) is 0. The molecule has 9 heavy (non-hydrogen) atoms. The zero-order valence-electron chi connectivity index (χ0n) is 5.76. The van der Waals surface area contributed by atoms with E-state index in [9.17, 15) is 4.57 Å². The van der Waals surface area contributed by atoms with Crippen molar-refractivity contribution in [1.29, 1.82) is 0 Å². The molecule has 0 fully saturated rings. The molecule has 0 aromatic rings. The first kappa shape index (κ1) is 9.48. The second-order valence-corrected chi connectivity index (χ2v) is 5.14. The lowest BCUT2D eigenvalue weighted by atomic mass is 10.9. The van der Waals surface area contributed by atoms with Gasteiger partial charge in [0.1, 0.15) is 0 Å². The summed E-state index contributed by atoms with van der Waals surface area (Å²) in [6.07, 6.45) is 0.532. The topological polar surface area (TPSA) is 26.3 Å². The van der Waals surface area contributed by atoms with E-state index >= 15 is 0 Å². The third-order valence-electron chi connectivity index (χ3n) is 1.03. The van der Waals surface area contributed by atoms with E-state index in [2.05, 4.69) is 0 Å². The molecule has 0 aromatic carbocycles. The minimum absolute atomic E-state index is 0.136. The fourth-order valence-electron chi connectivity index (χ4n) is 0.446. The van der Waals surface area contributed by atoms with Crippen molar-refractivity contribution in [2.24, 2.45) is 0 Å². The van der Waals surface area contributed by atoms with Gasteiger partial charge in [0.15, 0.2) is 0 Å². The average Bonchev–Trinajstić information content (AvgIpc) is 1.89. The van der Waals surface area contributed by atoms with Crippen LogP contribution in [0.1, 0.15) is 13.8 Å². The number of halogens is 1. The van der Waals surface area contributed by atoms with Gasteiger partial charge in [-0.2, -0.15) is 0 Å². The maximum atomic E-state index is 11.2. The largest absolute Gasteiger partial charge is 0.328 e. The van der Waals surface area contributed by atoms with Crippen LogP contribution in [0.3, 0.4) is 0 Å². The van der Waals surface area contributed by atoms with Crippen LogP contribution in [0.15, 0.2) is 0 Å². The molecule has 0 rings (SSSR count). The van der Waals surface area contributed by atoms with Gasteiger partial charge in [-0.05, 0) is 6.92 Å². The molecule has 56 valence electrons. The summed E-state index contributed by atoms with van der Waals surface area (Å²) in [6, 6.07) is 0. The van der Waals surface area contributed by atoms with Crippen molar-refractivity contribution in [3.05, 3.63) is 0 Å². The molecule has 0 amide bonds. The normalized spacial score (nSPS) is 17.2. The second-order valence-electron chi connectivity index (χ2n) is 1.67. The molecule has 0 aliphatic heterocycles. The summed E-state index contributed by atoms with van der Waals surface area (Å²) in [5.74, 6) is 0. The molecule has 0 radical (unpaired) electrons. The Balaban J connectivity index is 3.78. The molecule has 2 nitrogen and oxygen atoms in total. The molecule has 0 aromatic heterocycles. The summed E-state index contributed by atoms with van der Waals surface area (Å²) < 4.78 is 16.1. The SMILES string of the molecule is CCO[P@](=O)(CC)CCl. The van der Waals surface area contributed by atoms with Crippen LogP contribution in [-0.4, -0.2) is 18.4 Å². The molecule has 0 aliphatic carbocycles. The third kappa shape index (κ3) is 3.24. The first-order valence-electron chi connectivity index (χ1n) is 2.97. The van der Waals surface area contributed by atoms with Crippen LogP contribution >= 0.6 is 19.0 Å². The highest BCUT2D eigenvalue weighted by Gasteiger charge is 2.16. The van der Waals surface area contributed by atoms with Crippen molar-refractivity contribution in [2.45, 2.75) is 13.8 Å². The van der Waals surface area contributed by atoms with E-state index in [0.717, 1.165) is 0 Å². The Morgan fingerprint density at radius 1 is 1.56 bits per heavy atom. The summed E-state index contributed by atoms with van der Waals surface area (Å²) in [4.78, 5) is 0. The van der Waals surface area contributed by atoms with E-state index in [1.54, 1.807) is 0 Å². The lowest BCUT2D eigenvalue weighted by Gasteiger charge is -2.10. The van der Waals surface area contributed by atoms with Gasteiger partial charge in [-0.25, -0.2) is 0 Å². The van der Waals surface area contributed by atoms with Gasteiger partial charge in [0.25, 0.3) is 0 Å². The van der Waals surface area contributed by atoms with Gasteiger partial charge in [0.05, 0.1) is 12.2 Å². The Hall–Kier alpha value is 0.480. The van der Waals surface area contributed by atoms with Crippen LogP contribution in [0.5, 0.6) is 0 Å². The van der Waals surface area contributed by atoms with Crippen molar-refractivity contribution in [1.82, 2.24) is 0 Å². The van der Waals surface area contributed by atoms with E-state index in [1.807, 2.05) is 13.8 Å². The zero-order valence-corrected chi connectivity index (χ0v) is 7.41. The Morgan fingerprint density at radius 3 is 2.22 bits per heavy atom. The number of alkyl halides is 1. The van der Waals surface area contributed by atoms with Gasteiger partial charge in [-0.15, -0.1) is 11.6 Å². The molecule has 0 bridgehead atoms. The van der Waals surface area contributed by atoms with E-state index in [4.69, 9.17) is 16.1 Å². The Bertz CT molecular complexity index is 108. The first-order chi connectivity index (χ1) is 4.18. The van der Waals surface area contributed by atoms with Crippen LogP contribution in [0.4, 0.5) is 0 Å². The van der Waals surface area contributed by atoms with Gasteiger partial charge in [0.2, 0.25) is 7.37 Å². The molecule has 0 saturated carbocycles. The maximum Gasteiger partial charge on any atom is 0.217 e. The fraction of sp³-hybridized carbons (Fsp3) is 1.00. The van der Waals surface area contributed by atoms with E-state index in [-0.39, 0.29) is 5.62 Å². The van der Waals surface area contributed by atoms with Crippen molar-refractivity contribution in [2.75, 3.05) is 18.4 Å². The predicted octanol–water partition coefficient (Wildman–Crippen LogP) is 2.52. The van der Waals surface area contributed by atoms with Gasteiger partial charge in [-0.3, -0.25) is 4.57 Å². The van der Waals surface area contributed by atoms with Crippen molar-refractivity contribution in [3.63, 3.8) is 0 Å². The molecular weight excluding hydrogens is 158 g/mol. The number of rotatable bonds is 4. The highest BCUT2D eigenvalue weighted by Crippen LogP contribution is 2.46. The Morgan fingerprint density at radius 2 is 2.11 bits per heavy atom. The van der Waals surface area contributed by atoms with Crippen molar-refractivity contribution < 1.29 is 9.09 Å². The van der Waals surface area contributed by atoms with E-state index < -0.39 is 7.37 Å². The first-order valence-corrected chi connectivity index (χ1v) is 5.50. The summed E-state index contributed by atoms with van der Waals surface area (Å²) in [6.45, 7) is 4.12. The fourth-order valence-corrected chi connectivity index (χ4v) is 2.05. The highest BCUT2D eigenvalue weighted by atomic mass is 35.5. The second kappa shape index (κ2) is 4.32. The lowest BCUT2D eigenvalue weighted by molar-refractivity contribution is 0.337. The highest BCUT2D eigenvalue weighted by molar-refractivity contribution is 7.60. The summed E-state index contributed by atoms with van der Waals surface area (Å²) >= 11 is 5.40. The summed E-state index contributed by atoms with van der Waals surface area (Å²) in [7, 11) is -2.42. The maximum absolute atomic E-state index is 11.2. The van der Waals surface area contributed by atoms with Gasteiger partial charge in [-0.1, -0.05) is 6.92 Å². The van der Waals surface area contributed by atoms with Crippen molar-refractivity contribution >= 4 is 19.0 Å². The average molecular weight is 171 g/mol. The van der Waals surface area contributed by atoms with Crippen molar-refractivity contribution in [3.8, 4) is 0 Å². The van der Waals surface area contributed by atoms with Crippen LogP contribution in [-0.2, 0) is 9.09 Å². The number of hydrogen-bond acceptors (Lipinski definition) is 2. The molecule has 0 saturated heterocycles. The third-order valence-corrected chi connectivity index (χ3v) is 4.18. The summed E-state index contributed by atoms with van der Waals surface area (Å²) in [5.41, 5.74) is 0.136. The Labute approximate surface area is 61.0 Å². The lowest BCUT2D eigenvalue weighted by Crippen LogP contribution is -1.92. The molecule has 0 aliphatic rings. The molecule has 0 heterocycles. The monoisotopic (exact) mass is 170 g/mol. The van der Waals surface area contributed by atoms with Crippen LogP contribution in [0.25, 0.3) is 0 Å². The van der Waals surface area contributed by atoms with E-state index in [1.165, 1.54) is 0 Å². The van der Waals surface area contributed by atoms with Crippen LogP contribution in [0, 0.1) is 0 Å².